The summed E-state index contributed by atoms with van der Waals surface area (Å²) in [4.78, 5) is 26.1. The third-order valence-corrected chi connectivity index (χ3v) is 9.23. The molecule has 0 bridgehead atoms. The number of aromatic nitrogens is 4. The number of benzene rings is 1. The van der Waals surface area contributed by atoms with Gasteiger partial charge in [-0.05, 0) is 64.0 Å². The molecule has 2 fully saturated rings. The second-order valence-corrected chi connectivity index (χ2v) is 12.7. The largest absolute Gasteiger partial charge is 0.461 e. The highest BCUT2D eigenvalue weighted by molar-refractivity contribution is 7.52. The van der Waals surface area contributed by atoms with Crippen LogP contribution < -0.4 is 20.7 Å². The quantitative estimate of drug-likeness (QED) is 0.154. The lowest BCUT2D eigenvalue weighted by Gasteiger charge is -2.24. The average Bonchev–Trinajstić information content (AvgIpc) is 3.31. The Kier molecular flexibility index (Phi) is 7.96. The number of para-hydroxylation sites is 1. The summed E-state index contributed by atoms with van der Waals surface area (Å²) in [6, 6.07) is 8.25. The van der Waals surface area contributed by atoms with Crippen LogP contribution in [0.2, 0.25) is 0 Å². The Morgan fingerprint density at radius 2 is 1.93 bits per heavy atom. The molecule has 13 heteroatoms. The summed E-state index contributed by atoms with van der Waals surface area (Å²) in [7, 11) is -3.94. The zero-order valence-corrected chi connectivity index (χ0v) is 23.9. The van der Waals surface area contributed by atoms with Crippen LogP contribution in [0.25, 0.3) is 11.2 Å². The molecule has 3 aliphatic rings. The van der Waals surface area contributed by atoms with Gasteiger partial charge in [-0.1, -0.05) is 30.4 Å². The Bertz CT molecular complexity index is 1450. The van der Waals surface area contributed by atoms with Crippen molar-refractivity contribution < 1.29 is 23.1 Å². The van der Waals surface area contributed by atoms with E-state index in [9.17, 15) is 9.36 Å². The van der Waals surface area contributed by atoms with Crippen LogP contribution in [-0.4, -0.2) is 50.3 Å². The van der Waals surface area contributed by atoms with E-state index in [0.29, 0.717) is 35.2 Å². The molecule has 0 saturated heterocycles. The number of nitrogen functional groups attached to an aromatic ring is 1. The third kappa shape index (κ3) is 6.72. The van der Waals surface area contributed by atoms with Crippen LogP contribution in [0.15, 0.2) is 48.8 Å². The highest BCUT2D eigenvalue weighted by Crippen LogP contribution is 2.46. The lowest BCUT2D eigenvalue weighted by atomic mass is 10.1. The molecule has 218 valence electrons. The summed E-state index contributed by atoms with van der Waals surface area (Å²) in [6.07, 6.45) is 12.4. The molecule has 1 unspecified atom stereocenters. The Morgan fingerprint density at radius 1 is 1.15 bits per heavy atom. The highest BCUT2D eigenvalue weighted by Gasteiger charge is 2.35. The lowest BCUT2D eigenvalue weighted by Crippen LogP contribution is -2.36. The maximum absolute atomic E-state index is 13.9. The van der Waals surface area contributed by atoms with Gasteiger partial charge in [-0.2, -0.15) is 15.1 Å². The van der Waals surface area contributed by atoms with Gasteiger partial charge in [0.1, 0.15) is 17.9 Å². The number of anilines is 2. The number of nitrogens with zero attached hydrogens (tertiary/aromatic N) is 4. The normalized spacial score (nSPS) is 23.0. The van der Waals surface area contributed by atoms with Crippen LogP contribution >= 0.6 is 7.75 Å². The molecule has 1 aromatic carbocycles. The fraction of sp³-hybridized carbons (Fsp3) is 0.500. The van der Waals surface area contributed by atoms with Crippen molar-refractivity contribution in [3.8, 4) is 5.75 Å². The smallest absolute Gasteiger partial charge is 0.459 e. The summed E-state index contributed by atoms with van der Waals surface area (Å²) in [5.41, 5.74) is 7.36. The molecule has 41 heavy (non-hydrogen) atoms. The van der Waals surface area contributed by atoms with Crippen molar-refractivity contribution in [1.82, 2.24) is 24.6 Å². The number of ether oxygens (including phenoxy) is 1. The Balaban J connectivity index is 1.12. The number of nitrogens with two attached hydrogens (primary N) is 1. The van der Waals surface area contributed by atoms with Gasteiger partial charge in [0, 0.05) is 12.0 Å². The number of carbonyl (C=O) groups excluding carboxylic acids is 1. The number of imidazole rings is 1. The van der Waals surface area contributed by atoms with Crippen molar-refractivity contribution in [2.45, 2.75) is 76.1 Å². The molecule has 0 radical (unpaired) electrons. The molecule has 4 N–H and O–H groups in total. The van der Waals surface area contributed by atoms with Crippen LogP contribution in [0.3, 0.4) is 0 Å². The maximum Gasteiger partial charge on any atom is 0.459 e. The highest BCUT2D eigenvalue weighted by atomic mass is 31.2. The fourth-order valence-corrected chi connectivity index (χ4v) is 6.79. The van der Waals surface area contributed by atoms with Gasteiger partial charge < -0.3 is 24.9 Å². The van der Waals surface area contributed by atoms with E-state index in [1.54, 1.807) is 37.5 Å². The molecule has 4 atom stereocenters. The van der Waals surface area contributed by atoms with E-state index < -0.39 is 19.8 Å². The molecule has 3 aromatic rings. The molecule has 0 spiro atoms. The van der Waals surface area contributed by atoms with Crippen LogP contribution in [0.5, 0.6) is 5.75 Å². The summed E-state index contributed by atoms with van der Waals surface area (Å²) in [5.74, 6) is 0.687. The summed E-state index contributed by atoms with van der Waals surface area (Å²) < 4.78 is 33.2. The van der Waals surface area contributed by atoms with E-state index in [4.69, 9.17) is 19.5 Å². The first kappa shape index (κ1) is 27.7. The van der Waals surface area contributed by atoms with Gasteiger partial charge in [-0.3, -0.25) is 9.32 Å². The Morgan fingerprint density at radius 3 is 2.68 bits per heavy atom. The number of fused-ring (bicyclic) bond motifs is 1. The number of carbonyl (C=O) groups is 1. The fourth-order valence-electron chi connectivity index (χ4n) is 5.25. The van der Waals surface area contributed by atoms with Crippen LogP contribution in [-0.2, 0) is 18.6 Å². The number of hydrogen-bond donors (Lipinski definition) is 3. The van der Waals surface area contributed by atoms with Gasteiger partial charge in [0.2, 0.25) is 5.95 Å². The number of nitrogens with one attached hydrogen (secondary N) is 2. The molecule has 0 amide bonds. The standard InChI is InChI=1S/C28H36N7O5P/c1-18(27(36)39-22-7-5-6-8-22)34-41(37,40-23-9-3-2-4-10-23)38-16-19-11-14-21(15-19)35-17-30-24-25(31-20-12-13-20)32-28(29)33-26(24)35/h2-4,9-11,14,17-22H,5-8,12-13,15-16H2,1H3,(H,34,37)(H3,29,31,32,33)/t18-,19+,21-,41?/m0/s1. The molecule has 12 nitrogen and oxygen atoms in total. The van der Waals surface area contributed by atoms with Gasteiger partial charge in [-0.25, -0.2) is 9.55 Å². The van der Waals surface area contributed by atoms with Gasteiger partial charge in [0.15, 0.2) is 17.0 Å². The van der Waals surface area contributed by atoms with E-state index in [1.165, 1.54) is 0 Å². The lowest BCUT2D eigenvalue weighted by molar-refractivity contribution is -0.150. The first-order valence-corrected chi connectivity index (χ1v) is 15.8. The van der Waals surface area contributed by atoms with Gasteiger partial charge >= 0.3 is 13.7 Å². The van der Waals surface area contributed by atoms with E-state index in [0.717, 1.165) is 38.5 Å². The van der Waals surface area contributed by atoms with E-state index in [1.807, 2.05) is 16.7 Å². The minimum Gasteiger partial charge on any atom is -0.461 e. The summed E-state index contributed by atoms with van der Waals surface area (Å²) in [5, 5.41) is 6.18. The summed E-state index contributed by atoms with van der Waals surface area (Å²) >= 11 is 0. The van der Waals surface area contributed by atoms with E-state index in [-0.39, 0.29) is 30.6 Å². The average molecular weight is 582 g/mol. The monoisotopic (exact) mass is 581 g/mol. The van der Waals surface area contributed by atoms with Crippen molar-refractivity contribution in [2.75, 3.05) is 17.7 Å². The van der Waals surface area contributed by atoms with Gasteiger partial charge in [0.05, 0.1) is 19.0 Å². The Labute approximate surface area is 238 Å². The second kappa shape index (κ2) is 11.8. The molecule has 6 rings (SSSR count). The van der Waals surface area contributed by atoms with Crippen LogP contribution in [0.1, 0.15) is 57.9 Å². The predicted octanol–water partition coefficient (Wildman–Crippen LogP) is 4.77. The van der Waals surface area contributed by atoms with E-state index >= 15 is 0 Å². The zero-order valence-electron chi connectivity index (χ0n) is 23.0. The Hall–Kier alpha value is -3.47. The van der Waals surface area contributed by atoms with Crippen LogP contribution in [0, 0.1) is 5.92 Å². The number of allylic oxidation sites excluding steroid dienone is 1. The van der Waals surface area contributed by atoms with Crippen LogP contribution in [0.4, 0.5) is 11.8 Å². The minimum atomic E-state index is -3.94. The molecular weight excluding hydrogens is 545 g/mol. The molecule has 3 aliphatic carbocycles. The maximum atomic E-state index is 13.9. The third-order valence-electron chi connectivity index (χ3n) is 7.58. The molecule has 2 aromatic heterocycles. The SMILES string of the molecule is C[C@H](NP(=O)(OC[C@@H]1C=C[C@H](n2cnc3c(NC4CC4)nc(N)nc32)C1)Oc1ccccc1)C(=O)OC1CCCC1. The second-order valence-electron chi connectivity index (χ2n) is 11.0. The van der Waals surface area contributed by atoms with E-state index in [2.05, 4.69) is 31.4 Å². The molecular formula is C28H36N7O5P. The van der Waals surface area contributed by atoms with Crippen molar-refractivity contribution in [3.05, 3.63) is 48.8 Å². The van der Waals surface area contributed by atoms with Crippen molar-refractivity contribution in [2.24, 2.45) is 5.92 Å². The number of esters is 1. The first-order valence-electron chi connectivity index (χ1n) is 14.3. The molecule has 0 aliphatic heterocycles. The van der Waals surface area contributed by atoms with Crippen molar-refractivity contribution in [1.29, 1.82) is 0 Å². The number of hydrogen-bond acceptors (Lipinski definition) is 10. The predicted molar refractivity (Wildman–Crippen MR) is 154 cm³/mol. The first-order chi connectivity index (χ1) is 19.8. The molecule has 2 saturated carbocycles. The topological polar surface area (TPSA) is 156 Å². The summed E-state index contributed by atoms with van der Waals surface area (Å²) in [6.45, 7) is 1.73. The molecule has 2 heterocycles. The van der Waals surface area contributed by atoms with Crippen molar-refractivity contribution >= 4 is 36.6 Å². The van der Waals surface area contributed by atoms with Crippen molar-refractivity contribution in [3.63, 3.8) is 0 Å². The van der Waals surface area contributed by atoms with Gasteiger partial charge in [0.25, 0.3) is 0 Å². The minimum absolute atomic E-state index is 0.0422. The van der Waals surface area contributed by atoms with Gasteiger partial charge in [-0.15, -0.1) is 0 Å². The number of rotatable bonds is 12. The zero-order chi connectivity index (χ0) is 28.4.